The number of hydrogen-bond acceptors (Lipinski definition) is 5. The van der Waals surface area contributed by atoms with Gasteiger partial charge in [-0.1, -0.05) is 47.2 Å². The van der Waals surface area contributed by atoms with Gasteiger partial charge in [0.2, 0.25) is 0 Å². The lowest BCUT2D eigenvalue weighted by atomic mass is 10.2. The zero-order valence-electron chi connectivity index (χ0n) is 17.0. The van der Waals surface area contributed by atoms with Crippen molar-refractivity contribution in [3.05, 3.63) is 80.5 Å². The number of thioether (sulfide) groups is 1. The third-order valence-electron chi connectivity index (χ3n) is 4.81. The Bertz CT molecular complexity index is 1300. The minimum atomic E-state index is -0.460. The molecule has 0 unspecified atom stereocenters. The number of hydrogen-bond donors (Lipinski definition) is 1. The number of benzene rings is 2. The molecule has 0 aliphatic carbocycles. The summed E-state index contributed by atoms with van der Waals surface area (Å²) >= 11 is 3.22. The van der Waals surface area contributed by atoms with Gasteiger partial charge in [-0.15, -0.1) is 11.8 Å². The minimum Gasteiger partial charge on any atom is -0.312 e. The first-order valence-corrected chi connectivity index (χ1v) is 11.4. The number of aromatic amines is 1. The third kappa shape index (κ3) is 4.24. The van der Waals surface area contributed by atoms with Crippen LogP contribution >= 0.6 is 23.5 Å². The fourth-order valence-electron chi connectivity index (χ4n) is 3.10. The molecule has 6 nitrogen and oxygen atoms in total. The van der Waals surface area contributed by atoms with E-state index < -0.39 is 11.2 Å². The maximum atomic E-state index is 12.6. The van der Waals surface area contributed by atoms with Gasteiger partial charge < -0.3 is 4.57 Å². The van der Waals surface area contributed by atoms with Crippen LogP contribution in [0.3, 0.4) is 0 Å². The molecule has 0 amide bonds. The Kier molecular flexibility index (Phi) is 5.87. The van der Waals surface area contributed by atoms with Crippen molar-refractivity contribution >= 4 is 34.7 Å². The zero-order chi connectivity index (χ0) is 21.3. The van der Waals surface area contributed by atoms with Crippen LogP contribution in [0.15, 0.2) is 73.1 Å². The standard InChI is InChI=1S/C22H22N4O2S2/c1-14-4-8-16(9-5-14)29-13-12-26-18-19(25(3)21(28)24-20(18)27)23-22(26)30-17-10-6-15(2)7-11-17/h4-11H,12-13H2,1-3H3,(H,24,27,28). The van der Waals surface area contributed by atoms with Crippen LogP contribution in [-0.4, -0.2) is 24.9 Å². The topological polar surface area (TPSA) is 72.7 Å². The molecular formula is C22H22N4O2S2. The zero-order valence-corrected chi connectivity index (χ0v) is 18.6. The number of H-pyrrole nitrogens is 1. The molecule has 154 valence electrons. The number of aryl methyl sites for hydroxylation is 4. The van der Waals surface area contributed by atoms with Crippen molar-refractivity contribution in [2.24, 2.45) is 7.05 Å². The summed E-state index contributed by atoms with van der Waals surface area (Å²) in [6.45, 7) is 4.71. The molecule has 2 aromatic carbocycles. The van der Waals surface area contributed by atoms with Gasteiger partial charge in [0, 0.05) is 29.1 Å². The summed E-state index contributed by atoms with van der Waals surface area (Å²) in [5.74, 6) is 0.776. The Hall–Kier alpha value is -2.71. The van der Waals surface area contributed by atoms with Gasteiger partial charge in [-0.25, -0.2) is 9.78 Å². The van der Waals surface area contributed by atoms with Crippen molar-refractivity contribution in [3.8, 4) is 0 Å². The van der Waals surface area contributed by atoms with Crippen LogP contribution in [0.2, 0.25) is 0 Å². The number of nitrogens with one attached hydrogen (secondary N) is 1. The molecule has 0 bridgehead atoms. The number of rotatable bonds is 6. The van der Waals surface area contributed by atoms with Crippen LogP contribution in [0.5, 0.6) is 0 Å². The van der Waals surface area contributed by atoms with Crippen molar-refractivity contribution < 1.29 is 0 Å². The molecule has 4 aromatic rings. The maximum Gasteiger partial charge on any atom is 0.329 e. The Morgan fingerprint density at radius 3 is 2.17 bits per heavy atom. The Morgan fingerprint density at radius 1 is 0.933 bits per heavy atom. The molecule has 0 saturated heterocycles. The van der Waals surface area contributed by atoms with Gasteiger partial charge in [0.25, 0.3) is 5.56 Å². The van der Waals surface area contributed by atoms with E-state index >= 15 is 0 Å². The largest absolute Gasteiger partial charge is 0.329 e. The molecule has 0 aliphatic heterocycles. The van der Waals surface area contributed by atoms with E-state index in [1.54, 1.807) is 18.8 Å². The van der Waals surface area contributed by atoms with Crippen molar-refractivity contribution in [2.75, 3.05) is 5.75 Å². The lowest BCUT2D eigenvalue weighted by molar-refractivity contribution is 0.707. The summed E-state index contributed by atoms with van der Waals surface area (Å²) in [5.41, 5.74) is 2.37. The van der Waals surface area contributed by atoms with Gasteiger partial charge in [0.05, 0.1) is 0 Å². The van der Waals surface area contributed by atoms with E-state index in [9.17, 15) is 9.59 Å². The molecule has 0 fully saturated rings. The molecule has 0 radical (unpaired) electrons. The lowest BCUT2D eigenvalue weighted by Gasteiger charge is -2.09. The molecule has 0 saturated carbocycles. The summed E-state index contributed by atoms with van der Waals surface area (Å²) in [7, 11) is 1.62. The van der Waals surface area contributed by atoms with E-state index in [1.165, 1.54) is 32.4 Å². The molecule has 2 heterocycles. The second kappa shape index (κ2) is 8.57. The van der Waals surface area contributed by atoms with E-state index in [-0.39, 0.29) is 0 Å². The van der Waals surface area contributed by atoms with Crippen molar-refractivity contribution in [1.29, 1.82) is 0 Å². The molecule has 30 heavy (non-hydrogen) atoms. The molecule has 8 heteroatoms. The van der Waals surface area contributed by atoms with Crippen molar-refractivity contribution in [1.82, 2.24) is 19.1 Å². The molecular weight excluding hydrogens is 416 g/mol. The predicted molar refractivity (Wildman–Crippen MR) is 123 cm³/mol. The van der Waals surface area contributed by atoms with E-state index in [2.05, 4.69) is 41.2 Å². The first kappa shape index (κ1) is 20.6. The van der Waals surface area contributed by atoms with Crippen molar-refractivity contribution in [2.45, 2.75) is 35.3 Å². The third-order valence-corrected chi connectivity index (χ3v) is 6.80. The summed E-state index contributed by atoms with van der Waals surface area (Å²) in [4.78, 5) is 33.9. The highest BCUT2D eigenvalue weighted by Gasteiger charge is 2.18. The quantitative estimate of drug-likeness (QED) is 0.461. The van der Waals surface area contributed by atoms with Gasteiger partial charge in [-0.05, 0) is 38.1 Å². The normalized spacial score (nSPS) is 11.3. The Morgan fingerprint density at radius 2 is 1.53 bits per heavy atom. The average Bonchev–Trinajstić information content (AvgIpc) is 3.08. The number of fused-ring (bicyclic) bond motifs is 1. The SMILES string of the molecule is Cc1ccc(SCCn2c(Sc3ccc(C)cc3)nc3c2c(=O)[nH]c(=O)n3C)cc1. The second-order valence-electron chi connectivity index (χ2n) is 7.11. The highest BCUT2D eigenvalue weighted by Crippen LogP contribution is 2.30. The van der Waals surface area contributed by atoms with Crippen LogP contribution < -0.4 is 11.2 Å². The van der Waals surface area contributed by atoms with Crippen LogP contribution in [0, 0.1) is 13.8 Å². The molecule has 0 spiro atoms. The average molecular weight is 439 g/mol. The number of imidazole rings is 1. The summed E-state index contributed by atoms with van der Waals surface area (Å²) in [5, 5.41) is 0.699. The smallest absolute Gasteiger partial charge is 0.312 e. The van der Waals surface area contributed by atoms with Gasteiger partial charge in [0.15, 0.2) is 16.3 Å². The summed E-state index contributed by atoms with van der Waals surface area (Å²) in [6.07, 6.45) is 0. The number of aromatic nitrogens is 4. The van der Waals surface area contributed by atoms with Crippen LogP contribution in [0.25, 0.3) is 11.2 Å². The molecule has 0 aliphatic rings. The van der Waals surface area contributed by atoms with E-state index in [0.29, 0.717) is 22.9 Å². The Balaban J connectivity index is 1.70. The maximum absolute atomic E-state index is 12.6. The van der Waals surface area contributed by atoms with Gasteiger partial charge >= 0.3 is 5.69 Å². The highest BCUT2D eigenvalue weighted by atomic mass is 32.2. The molecule has 2 aromatic heterocycles. The highest BCUT2D eigenvalue weighted by molar-refractivity contribution is 7.99. The fraction of sp³-hybridized carbons (Fsp3) is 0.227. The fourth-order valence-corrected chi connectivity index (χ4v) is 4.85. The van der Waals surface area contributed by atoms with E-state index in [0.717, 1.165) is 10.6 Å². The number of nitrogens with zero attached hydrogens (tertiary/aromatic N) is 3. The van der Waals surface area contributed by atoms with Gasteiger partial charge in [0.1, 0.15) is 0 Å². The van der Waals surface area contributed by atoms with Crippen LogP contribution in [-0.2, 0) is 13.6 Å². The van der Waals surface area contributed by atoms with Crippen molar-refractivity contribution in [3.63, 3.8) is 0 Å². The Labute approximate surface area is 182 Å². The van der Waals surface area contributed by atoms with E-state index in [1.807, 2.05) is 35.8 Å². The first-order chi connectivity index (χ1) is 14.4. The second-order valence-corrected chi connectivity index (χ2v) is 9.32. The predicted octanol–water partition coefficient (Wildman–Crippen LogP) is 3.98. The first-order valence-electron chi connectivity index (χ1n) is 9.56. The summed E-state index contributed by atoms with van der Waals surface area (Å²) < 4.78 is 3.30. The molecule has 4 rings (SSSR count). The van der Waals surface area contributed by atoms with Crippen LogP contribution in [0.4, 0.5) is 0 Å². The van der Waals surface area contributed by atoms with Gasteiger partial charge in [-0.3, -0.25) is 14.3 Å². The molecule has 0 atom stereocenters. The monoisotopic (exact) mass is 438 g/mol. The molecule has 1 N–H and O–H groups in total. The van der Waals surface area contributed by atoms with Crippen LogP contribution in [0.1, 0.15) is 11.1 Å². The minimum absolute atomic E-state index is 0.402. The van der Waals surface area contributed by atoms with E-state index in [4.69, 9.17) is 0 Å². The van der Waals surface area contributed by atoms with Gasteiger partial charge in [-0.2, -0.15) is 0 Å². The lowest BCUT2D eigenvalue weighted by Crippen LogP contribution is -2.29. The summed E-state index contributed by atoms with van der Waals surface area (Å²) in [6, 6.07) is 16.6.